The van der Waals surface area contributed by atoms with Crippen molar-refractivity contribution >= 4 is 0 Å². The molecule has 0 amide bonds. The third kappa shape index (κ3) is 1.79. The van der Waals surface area contributed by atoms with E-state index in [-0.39, 0.29) is 17.2 Å². The molecule has 3 heteroatoms. The molecule has 0 spiro atoms. The van der Waals surface area contributed by atoms with Crippen LogP contribution in [0.3, 0.4) is 0 Å². The predicted molar refractivity (Wildman–Crippen MR) is 47.0 cm³/mol. The summed E-state index contributed by atoms with van der Waals surface area (Å²) in [4.78, 5) is 0. The van der Waals surface area contributed by atoms with E-state index in [1.807, 2.05) is 0 Å². The van der Waals surface area contributed by atoms with Crippen LogP contribution in [0.25, 0.3) is 0 Å². The van der Waals surface area contributed by atoms with Crippen LogP contribution in [0.1, 0.15) is 25.3 Å². The maximum absolute atomic E-state index is 13.4. The second-order valence-corrected chi connectivity index (χ2v) is 3.13. The first-order chi connectivity index (χ1) is 6.07. The van der Waals surface area contributed by atoms with Gasteiger partial charge in [-0.05, 0) is 18.1 Å². The molecule has 0 aliphatic rings. The highest BCUT2D eigenvalue weighted by Gasteiger charge is 2.16. The van der Waals surface area contributed by atoms with Crippen molar-refractivity contribution in [1.29, 1.82) is 0 Å². The molecule has 0 radical (unpaired) electrons. The minimum Gasteiger partial charge on any atom is -0.494 e. The number of hydrogen-bond donors (Lipinski definition) is 0. The summed E-state index contributed by atoms with van der Waals surface area (Å²) >= 11 is 0. The SMILES string of the molecule is COc1ccc(F)c(C(C)C)c1F. The molecule has 13 heavy (non-hydrogen) atoms. The minimum absolute atomic E-state index is 0.0827. The standard InChI is InChI=1S/C10H12F2O/c1-6(2)9-7(11)4-5-8(13-3)10(9)12/h4-6H,1-3H3. The third-order valence-electron chi connectivity index (χ3n) is 1.89. The Hall–Kier alpha value is -1.12. The molecule has 1 aromatic rings. The van der Waals surface area contributed by atoms with Crippen LogP contribution in [0, 0.1) is 11.6 Å². The number of rotatable bonds is 2. The molecule has 0 aliphatic heterocycles. The fraction of sp³-hybridized carbons (Fsp3) is 0.400. The van der Waals surface area contributed by atoms with Gasteiger partial charge in [-0.2, -0.15) is 0 Å². The van der Waals surface area contributed by atoms with Crippen molar-refractivity contribution in [3.63, 3.8) is 0 Å². The number of ether oxygens (including phenoxy) is 1. The molecule has 1 aromatic carbocycles. The van der Waals surface area contributed by atoms with Gasteiger partial charge in [-0.15, -0.1) is 0 Å². The van der Waals surface area contributed by atoms with E-state index in [4.69, 9.17) is 4.74 Å². The Balaban J connectivity index is 3.30. The second-order valence-electron chi connectivity index (χ2n) is 3.13. The number of benzene rings is 1. The summed E-state index contributed by atoms with van der Waals surface area (Å²) in [6, 6.07) is 2.51. The first-order valence-corrected chi connectivity index (χ1v) is 4.09. The molecular weight excluding hydrogens is 174 g/mol. The van der Waals surface area contributed by atoms with Crippen molar-refractivity contribution in [2.24, 2.45) is 0 Å². The lowest BCUT2D eigenvalue weighted by Crippen LogP contribution is -2.00. The van der Waals surface area contributed by atoms with Crippen LogP contribution in [0.4, 0.5) is 8.78 Å². The van der Waals surface area contributed by atoms with Crippen molar-refractivity contribution in [3.8, 4) is 5.75 Å². The molecular formula is C10H12F2O. The summed E-state index contributed by atoms with van der Waals surface area (Å²) in [5.74, 6) is -1.22. The van der Waals surface area contributed by atoms with E-state index >= 15 is 0 Å². The second kappa shape index (κ2) is 3.73. The van der Waals surface area contributed by atoms with Gasteiger partial charge in [0.2, 0.25) is 0 Å². The monoisotopic (exact) mass is 186 g/mol. The average Bonchev–Trinajstić information content (AvgIpc) is 2.04. The van der Waals surface area contributed by atoms with E-state index in [1.54, 1.807) is 13.8 Å². The fourth-order valence-corrected chi connectivity index (χ4v) is 1.24. The van der Waals surface area contributed by atoms with E-state index < -0.39 is 11.6 Å². The summed E-state index contributed by atoms with van der Waals surface area (Å²) in [5.41, 5.74) is 0.0827. The molecule has 1 rings (SSSR count). The van der Waals surface area contributed by atoms with Gasteiger partial charge in [0, 0.05) is 5.56 Å². The molecule has 0 unspecified atom stereocenters. The molecule has 72 valence electrons. The molecule has 0 aromatic heterocycles. The van der Waals surface area contributed by atoms with Gasteiger partial charge in [-0.1, -0.05) is 13.8 Å². The minimum atomic E-state index is -0.600. The molecule has 0 saturated carbocycles. The Labute approximate surface area is 76.3 Å². The predicted octanol–water partition coefficient (Wildman–Crippen LogP) is 3.10. The Kier molecular flexibility index (Phi) is 2.86. The van der Waals surface area contributed by atoms with Crippen molar-refractivity contribution in [2.45, 2.75) is 19.8 Å². The Morgan fingerprint density at radius 3 is 2.31 bits per heavy atom. The first kappa shape index (κ1) is 9.96. The van der Waals surface area contributed by atoms with E-state index in [9.17, 15) is 8.78 Å². The molecule has 1 nitrogen and oxygen atoms in total. The Morgan fingerprint density at radius 2 is 1.85 bits per heavy atom. The van der Waals surface area contributed by atoms with Gasteiger partial charge in [0.1, 0.15) is 5.82 Å². The first-order valence-electron chi connectivity index (χ1n) is 4.09. The Morgan fingerprint density at radius 1 is 1.23 bits per heavy atom. The van der Waals surface area contributed by atoms with Gasteiger partial charge in [-0.25, -0.2) is 8.78 Å². The van der Waals surface area contributed by atoms with E-state index in [0.29, 0.717) is 0 Å². The highest BCUT2D eigenvalue weighted by atomic mass is 19.1. The van der Waals surface area contributed by atoms with Gasteiger partial charge in [0.25, 0.3) is 0 Å². The fourth-order valence-electron chi connectivity index (χ4n) is 1.24. The van der Waals surface area contributed by atoms with Crippen LogP contribution < -0.4 is 4.74 Å². The normalized spacial score (nSPS) is 10.6. The van der Waals surface area contributed by atoms with Gasteiger partial charge in [0.15, 0.2) is 11.6 Å². The van der Waals surface area contributed by atoms with Crippen molar-refractivity contribution < 1.29 is 13.5 Å². The zero-order chi connectivity index (χ0) is 10.0. The van der Waals surface area contributed by atoms with Crippen LogP contribution in [0.15, 0.2) is 12.1 Å². The van der Waals surface area contributed by atoms with Crippen molar-refractivity contribution in [1.82, 2.24) is 0 Å². The topological polar surface area (TPSA) is 9.23 Å². The smallest absolute Gasteiger partial charge is 0.171 e. The number of halogens is 2. The molecule has 0 heterocycles. The number of hydrogen-bond acceptors (Lipinski definition) is 1. The maximum Gasteiger partial charge on any atom is 0.171 e. The van der Waals surface area contributed by atoms with Crippen molar-refractivity contribution in [2.75, 3.05) is 7.11 Å². The molecule has 0 aliphatic carbocycles. The van der Waals surface area contributed by atoms with Crippen molar-refractivity contribution in [3.05, 3.63) is 29.3 Å². The third-order valence-corrected chi connectivity index (χ3v) is 1.89. The highest BCUT2D eigenvalue weighted by molar-refractivity contribution is 5.33. The quantitative estimate of drug-likeness (QED) is 0.689. The van der Waals surface area contributed by atoms with E-state index in [0.717, 1.165) is 0 Å². The van der Waals surface area contributed by atoms with E-state index in [2.05, 4.69) is 0 Å². The highest BCUT2D eigenvalue weighted by Crippen LogP contribution is 2.28. The summed E-state index contributed by atoms with van der Waals surface area (Å²) in [5, 5.41) is 0. The molecule has 0 saturated heterocycles. The van der Waals surface area contributed by atoms with Gasteiger partial charge < -0.3 is 4.74 Å². The summed E-state index contributed by atoms with van der Waals surface area (Å²) in [6.45, 7) is 3.47. The summed E-state index contributed by atoms with van der Waals surface area (Å²) < 4.78 is 31.3. The lowest BCUT2D eigenvalue weighted by molar-refractivity contribution is 0.379. The molecule has 0 fully saturated rings. The van der Waals surface area contributed by atoms with Crippen LogP contribution in [-0.4, -0.2) is 7.11 Å². The van der Waals surface area contributed by atoms with Gasteiger partial charge >= 0.3 is 0 Å². The molecule has 0 atom stereocenters. The summed E-state index contributed by atoms with van der Waals surface area (Å²) in [7, 11) is 1.36. The zero-order valence-corrected chi connectivity index (χ0v) is 7.90. The van der Waals surface area contributed by atoms with Crippen LogP contribution in [0.5, 0.6) is 5.75 Å². The molecule has 0 N–H and O–H groups in total. The van der Waals surface area contributed by atoms with Crippen LogP contribution >= 0.6 is 0 Å². The maximum atomic E-state index is 13.4. The number of methoxy groups -OCH3 is 1. The lowest BCUT2D eigenvalue weighted by Gasteiger charge is -2.10. The Bertz CT molecular complexity index is 308. The van der Waals surface area contributed by atoms with Crippen LogP contribution in [-0.2, 0) is 0 Å². The average molecular weight is 186 g/mol. The van der Waals surface area contributed by atoms with Crippen LogP contribution in [0.2, 0.25) is 0 Å². The van der Waals surface area contributed by atoms with Gasteiger partial charge in [0.05, 0.1) is 7.11 Å². The largest absolute Gasteiger partial charge is 0.494 e. The zero-order valence-electron chi connectivity index (χ0n) is 7.90. The van der Waals surface area contributed by atoms with Gasteiger partial charge in [-0.3, -0.25) is 0 Å². The molecule has 0 bridgehead atoms. The summed E-state index contributed by atoms with van der Waals surface area (Å²) in [6.07, 6.45) is 0. The lowest BCUT2D eigenvalue weighted by atomic mass is 10.0. The van der Waals surface area contributed by atoms with E-state index in [1.165, 1.54) is 19.2 Å².